The van der Waals surface area contributed by atoms with Gasteiger partial charge in [-0.15, -0.1) is 0 Å². The highest BCUT2D eigenvalue weighted by atomic mass is 79.9. The summed E-state index contributed by atoms with van der Waals surface area (Å²) in [4.78, 5) is 4.26. The first kappa shape index (κ1) is 14.8. The Morgan fingerprint density at radius 3 is 2.65 bits per heavy atom. The Bertz CT molecular complexity index is 571. The minimum atomic E-state index is -0.0360. The van der Waals surface area contributed by atoms with Gasteiger partial charge in [-0.25, -0.2) is 0 Å². The molecule has 106 valence electrons. The summed E-state index contributed by atoms with van der Waals surface area (Å²) >= 11 is 3.35. The van der Waals surface area contributed by atoms with E-state index in [1.807, 2.05) is 37.3 Å². The van der Waals surface area contributed by atoms with Crippen molar-refractivity contribution in [3.63, 3.8) is 0 Å². The van der Waals surface area contributed by atoms with Crippen molar-refractivity contribution in [2.45, 2.75) is 19.6 Å². The molecule has 5 heteroatoms. The van der Waals surface area contributed by atoms with Gasteiger partial charge >= 0.3 is 0 Å². The van der Waals surface area contributed by atoms with Crippen molar-refractivity contribution >= 4 is 15.9 Å². The second-order valence-electron chi connectivity index (χ2n) is 4.46. The molecule has 1 aromatic heterocycles. The molecule has 20 heavy (non-hydrogen) atoms. The lowest BCUT2D eigenvalue weighted by molar-refractivity contribution is 0.280. The van der Waals surface area contributed by atoms with Crippen molar-refractivity contribution in [3.8, 4) is 11.5 Å². The number of ether oxygens (including phenoxy) is 2. The van der Waals surface area contributed by atoms with Gasteiger partial charge in [0.05, 0.1) is 12.8 Å². The predicted octanol–water partition coefficient (Wildman–Crippen LogP) is 3.45. The van der Waals surface area contributed by atoms with E-state index >= 15 is 0 Å². The van der Waals surface area contributed by atoms with E-state index in [4.69, 9.17) is 15.2 Å². The Hall–Kier alpha value is -1.59. The zero-order valence-corrected chi connectivity index (χ0v) is 13.1. The zero-order valence-electron chi connectivity index (χ0n) is 11.5. The summed E-state index contributed by atoms with van der Waals surface area (Å²) in [5.74, 6) is 1.36. The van der Waals surface area contributed by atoms with E-state index in [0.717, 1.165) is 15.7 Å². The summed E-state index contributed by atoms with van der Waals surface area (Å²) in [6.07, 6.45) is 1.75. The average molecular weight is 337 g/mol. The van der Waals surface area contributed by atoms with Crippen LogP contribution in [0.1, 0.15) is 24.2 Å². The normalized spacial score (nSPS) is 12.0. The van der Waals surface area contributed by atoms with Crippen LogP contribution in [0.25, 0.3) is 0 Å². The second kappa shape index (κ2) is 6.72. The number of nitrogens with zero attached hydrogens (tertiary/aromatic N) is 1. The number of hydrogen-bond acceptors (Lipinski definition) is 4. The molecule has 4 nitrogen and oxygen atoms in total. The molecule has 2 N–H and O–H groups in total. The van der Waals surface area contributed by atoms with Crippen LogP contribution >= 0.6 is 15.9 Å². The molecule has 0 bridgehead atoms. The van der Waals surface area contributed by atoms with E-state index in [1.165, 1.54) is 0 Å². The molecule has 1 atom stereocenters. The van der Waals surface area contributed by atoms with Crippen LogP contribution < -0.4 is 15.2 Å². The van der Waals surface area contributed by atoms with Gasteiger partial charge in [0, 0.05) is 16.7 Å². The SMILES string of the molecule is COc1cc([C@@H](C)N)ccc1OCc1ccc(Br)cn1. The minimum Gasteiger partial charge on any atom is -0.493 e. The number of benzene rings is 1. The van der Waals surface area contributed by atoms with Crippen LogP contribution in [0.2, 0.25) is 0 Å². The van der Waals surface area contributed by atoms with Crippen LogP contribution in [-0.2, 0) is 6.61 Å². The number of hydrogen-bond donors (Lipinski definition) is 1. The fourth-order valence-electron chi connectivity index (χ4n) is 1.73. The van der Waals surface area contributed by atoms with Crippen LogP contribution in [0.4, 0.5) is 0 Å². The first-order valence-electron chi connectivity index (χ1n) is 6.27. The van der Waals surface area contributed by atoms with E-state index in [1.54, 1.807) is 13.3 Å². The summed E-state index contributed by atoms with van der Waals surface area (Å²) < 4.78 is 12.0. The maximum atomic E-state index is 5.86. The Labute approximate surface area is 127 Å². The molecule has 0 saturated heterocycles. The van der Waals surface area contributed by atoms with E-state index in [2.05, 4.69) is 20.9 Å². The first-order chi connectivity index (χ1) is 9.60. The van der Waals surface area contributed by atoms with Crippen LogP contribution in [0.5, 0.6) is 11.5 Å². The maximum Gasteiger partial charge on any atom is 0.161 e. The Morgan fingerprint density at radius 1 is 1.25 bits per heavy atom. The molecule has 1 aromatic carbocycles. The lowest BCUT2D eigenvalue weighted by atomic mass is 10.1. The van der Waals surface area contributed by atoms with Gasteiger partial charge in [-0.3, -0.25) is 4.98 Å². The van der Waals surface area contributed by atoms with Gasteiger partial charge < -0.3 is 15.2 Å². The Kier molecular flexibility index (Phi) is 4.98. The highest BCUT2D eigenvalue weighted by molar-refractivity contribution is 9.10. The molecular formula is C15H17BrN2O2. The fourth-order valence-corrected chi connectivity index (χ4v) is 1.96. The number of methoxy groups -OCH3 is 1. The first-order valence-corrected chi connectivity index (χ1v) is 7.06. The predicted molar refractivity (Wildman–Crippen MR) is 81.9 cm³/mol. The minimum absolute atomic E-state index is 0.0360. The quantitative estimate of drug-likeness (QED) is 0.908. The van der Waals surface area contributed by atoms with Gasteiger partial charge in [0.1, 0.15) is 6.61 Å². The number of rotatable bonds is 5. The summed E-state index contributed by atoms with van der Waals surface area (Å²) in [7, 11) is 1.62. The largest absolute Gasteiger partial charge is 0.493 e. The fraction of sp³-hybridized carbons (Fsp3) is 0.267. The zero-order chi connectivity index (χ0) is 14.5. The summed E-state index contributed by atoms with van der Waals surface area (Å²) in [5, 5.41) is 0. The van der Waals surface area contributed by atoms with Crippen molar-refractivity contribution < 1.29 is 9.47 Å². The number of halogens is 1. The summed E-state index contributed by atoms with van der Waals surface area (Å²) in [5.41, 5.74) is 7.72. The van der Waals surface area contributed by atoms with Crippen molar-refractivity contribution in [3.05, 3.63) is 52.3 Å². The maximum absolute atomic E-state index is 5.86. The van der Waals surface area contributed by atoms with Crippen LogP contribution in [-0.4, -0.2) is 12.1 Å². The third-order valence-corrected chi connectivity index (χ3v) is 3.35. The number of aromatic nitrogens is 1. The van der Waals surface area contributed by atoms with Gasteiger partial charge in [0.25, 0.3) is 0 Å². The van der Waals surface area contributed by atoms with Gasteiger partial charge in [-0.05, 0) is 52.7 Å². The summed E-state index contributed by atoms with van der Waals surface area (Å²) in [6.45, 7) is 2.32. The average Bonchev–Trinajstić information content (AvgIpc) is 2.46. The van der Waals surface area contributed by atoms with Crippen molar-refractivity contribution in [2.24, 2.45) is 5.73 Å². The molecule has 0 spiro atoms. The Balaban J connectivity index is 2.10. The number of nitrogens with two attached hydrogens (primary N) is 1. The molecule has 0 aliphatic heterocycles. The summed E-state index contributed by atoms with van der Waals surface area (Å²) in [6, 6.07) is 9.52. The molecule has 0 aliphatic carbocycles. The van der Waals surface area contributed by atoms with Crippen LogP contribution in [0.3, 0.4) is 0 Å². The molecule has 1 heterocycles. The molecule has 2 aromatic rings. The Morgan fingerprint density at radius 2 is 2.05 bits per heavy atom. The van der Waals surface area contributed by atoms with Crippen molar-refractivity contribution in [1.82, 2.24) is 4.98 Å². The lowest BCUT2D eigenvalue weighted by Crippen LogP contribution is -2.06. The van der Waals surface area contributed by atoms with Gasteiger partial charge in [0.15, 0.2) is 11.5 Å². The molecule has 2 rings (SSSR count). The highest BCUT2D eigenvalue weighted by Gasteiger charge is 2.08. The molecule has 0 aliphatic rings. The van der Waals surface area contributed by atoms with E-state index < -0.39 is 0 Å². The molecular weight excluding hydrogens is 320 g/mol. The third kappa shape index (κ3) is 3.71. The molecule has 0 saturated carbocycles. The standard InChI is InChI=1S/C15H17BrN2O2/c1-10(17)11-3-6-14(15(7-11)19-2)20-9-13-5-4-12(16)8-18-13/h3-8,10H,9,17H2,1-2H3/t10-/m1/s1. The highest BCUT2D eigenvalue weighted by Crippen LogP contribution is 2.30. The smallest absolute Gasteiger partial charge is 0.161 e. The monoisotopic (exact) mass is 336 g/mol. The molecule has 0 radical (unpaired) electrons. The van der Waals surface area contributed by atoms with Crippen molar-refractivity contribution in [2.75, 3.05) is 7.11 Å². The van der Waals surface area contributed by atoms with Crippen molar-refractivity contribution in [1.29, 1.82) is 0 Å². The molecule has 0 amide bonds. The van der Waals surface area contributed by atoms with E-state index in [9.17, 15) is 0 Å². The lowest BCUT2D eigenvalue weighted by Gasteiger charge is -2.13. The van der Waals surface area contributed by atoms with Crippen LogP contribution in [0, 0.1) is 0 Å². The van der Waals surface area contributed by atoms with Gasteiger partial charge in [-0.2, -0.15) is 0 Å². The number of pyridine rings is 1. The molecule has 0 unspecified atom stereocenters. The third-order valence-electron chi connectivity index (χ3n) is 2.88. The van der Waals surface area contributed by atoms with E-state index in [0.29, 0.717) is 18.1 Å². The van der Waals surface area contributed by atoms with Crippen LogP contribution in [0.15, 0.2) is 41.0 Å². The molecule has 0 fully saturated rings. The van der Waals surface area contributed by atoms with E-state index in [-0.39, 0.29) is 6.04 Å². The second-order valence-corrected chi connectivity index (χ2v) is 5.37. The van der Waals surface area contributed by atoms with Gasteiger partial charge in [0.2, 0.25) is 0 Å². The topological polar surface area (TPSA) is 57.4 Å². The van der Waals surface area contributed by atoms with Gasteiger partial charge in [-0.1, -0.05) is 6.07 Å².